The van der Waals surface area contributed by atoms with Crippen molar-refractivity contribution in [3.63, 3.8) is 0 Å². The maximum atomic E-state index is 12.5. The zero-order valence-corrected chi connectivity index (χ0v) is 23.0. The molecule has 0 saturated heterocycles. The van der Waals surface area contributed by atoms with Crippen LogP contribution >= 0.6 is 0 Å². The van der Waals surface area contributed by atoms with Crippen molar-refractivity contribution in [3.8, 4) is 5.75 Å². The molecule has 0 bridgehead atoms. The van der Waals surface area contributed by atoms with Crippen LogP contribution in [0.25, 0.3) is 0 Å². The molecule has 39 heavy (non-hydrogen) atoms. The molecule has 0 aromatic heterocycles. The molecule has 0 aliphatic carbocycles. The van der Waals surface area contributed by atoms with Gasteiger partial charge < -0.3 is 29.8 Å². The van der Waals surface area contributed by atoms with Crippen LogP contribution in [0.1, 0.15) is 55.5 Å². The average Bonchev–Trinajstić information content (AvgIpc) is 2.91. The minimum atomic E-state index is -0.490. The molecule has 3 amide bonds. The number of ketones is 1. The second-order valence-electron chi connectivity index (χ2n) is 9.25. The fourth-order valence-electron chi connectivity index (χ4n) is 3.32. The molecule has 0 saturated carbocycles. The van der Waals surface area contributed by atoms with E-state index < -0.39 is 12.0 Å². The molecule has 2 N–H and O–H groups in total. The summed E-state index contributed by atoms with van der Waals surface area (Å²) in [5.74, 6) is -0.484. The highest BCUT2D eigenvalue weighted by atomic mass is 16.6. The molecule has 0 unspecified atom stereocenters. The summed E-state index contributed by atoms with van der Waals surface area (Å²) < 4.78 is 5.31. The summed E-state index contributed by atoms with van der Waals surface area (Å²) in [6.45, 7) is 4.32. The fraction of sp³-hybridized carbons (Fsp3) is 0.429. The average molecular weight is 540 g/mol. The van der Waals surface area contributed by atoms with Crippen LogP contribution in [0.5, 0.6) is 5.75 Å². The zero-order chi connectivity index (χ0) is 28.8. The number of aromatic hydroxyl groups is 1. The standard InChI is InChI=1S/C28H37N5O6/c1-20(34)8-6-5-7-15-29-27(37)25-18-24(13-14-26(25)36)31-30-23-11-9-22(10-12-23)19-39-28(38)33(4)17-16-32(3)21(2)35/h9-14,18,36H,5-8,15-17,19H2,1-4H3,(H,29,37)/b31-30+. The first-order valence-electron chi connectivity index (χ1n) is 12.8. The third-order valence-corrected chi connectivity index (χ3v) is 5.92. The quantitative estimate of drug-likeness (QED) is 0.263. The summed E-state index contributed by atoms with van der Waals surface area (Å²) >= 11 is 0. The number of amides is 3. The summed E-state index contributed by atoms with van der Waals surface area (Å²) in [4.78, 5) is 49.8. The first-order chi connectivity index (χ1) is 18.6. The van der Waals surface area contributed by atoms with E-state index in [-0.39, 0.29) is 29.6 Å². The Morgan fingerprint density at radius 3 is 2.18 bits per heavy atom. The van der Waals surface area contributed by atoms with Gasteiger partial charge in [-0.15, -0.1) is 0 Å². The van der Waals surface area contributed by atoms with Gasteiger partial charge in [-0.3, -0.25) is 9.59 Å². The summed E-state index contributed by atoms with van der Waals surface area (Å²) in [6, 6.07) is 11.4. The summed E-state index contributed by atoms with van der Waals surface area (Å²) in [5.41, 5.74) is 1.82. The number of Topliss-reactive ketones (excluding diaryl/α,β-unsaturated/α-hetero) is 1. The van der Waals surface area contributed by atoms with Gasteiger partial charge in [0, 0.05) is 47.1 Å². The van der Waals surface area contributed by atoms with Crippen LogP contribution < -0.4 is 5.32 Å². The molecule has 0 atom stereocenters. The van der Waals surface area contributed by atoms with Gasteiger partial charge in [0.25, 0.3) is 5.91 Å². The molecule has 2 aromatic rings. The minimum absolute atomic E-state index is 0.0740. The fourth-order valence-corrected chi connectivity index (χ4v) is 3.32. The Morgan fingerprint density at radius 2 is 1.51 bits per heavy atom. The number of hydrogen-bond acceptors (Lipinski definition) is 8. The van der Waals surface area contributed by atoms with Crippen molar-refractivity contribution in [1.29, 1.82) is 0 Å². The van der Waals surface area contributed by atoms with Crippen molar-refractivity contribution in [1.82, 2.24) is 15.1 Å². The lowest BCUT2D eigenvalue weighted by Crippen LogP contribution is -2.36. The highest BCUT2D eigenvalue weighted by molar-refractivity contribution is 5.97. The molecule has 0 heterocycles. The number of nitrogens with zero attached hydrogens (tertiary/aromatic N) is 4. The van der Waals surface area contributed by atoms with E-state index in [0.717, 1.165) is 24.8 Å². The van der Waals surface area contributed by atoms with Gasteiger partial charge in [-0.1, -0.05) is 18.6 Å². The number of benzene rings is 2. The Hall–Kier alpha value is -4.28. The maximum absolute atomic E-state index is 12.5. The maximum Gasteiger partial charge on any atom is 0.409 e. The summed E-state index contributed by atoms with van der Waals surface area (Å²) in [7, 11) is 3.28. The molecule has 0 radical (unpaired) electrons. The van der Waals surface area contributed by atoms with Crippen LogP contribution in [-0.4, -0.2) is 72.3 Å². The van der Waals surface area contributed by atoms with E-state index in [4.69, 9.17) is 4.74 Å². The van der Waals surface area contributed by atoms with Crippen LogP contribution in [0.3, 0.4) is 0 Å². The van der Waals surface area contributed by atoms with Crippen LogP contribution in [0.15, 0.2) is 52.7 Å². The predicted octanol–water partition coefficient (Wildman–Crippen LogP) is 4.73. The second-order valence-corrected chi connectivity index (χ2v) is 9.25. The molecule has 11 heteroatoms. The number of carbonyl (C=O) groups is 4. The van der Waals surface area contributed by atoms with Gasteiger partial charge in [-0.2, -0.15) is 10.2 Å². The predicted molar refractivity (Wildman–Crippen MR) is 146 cm³/mol. The highest BCUT2D eigenvalue weighted by Crippen LogP contribution is 2.25. The Kier molecular flexibility index (Phi) is 12.6. The lowest BCUT2D eigenvalue weighted by Gasteiger charge is -2.21. The summed E-state index contributed by atoms with van der Waals surface area (Å²) in [5, 5.41) is 21.2. The van der Waals surface area contributed by atoms with Crippen LogP contribution in [0, 0.1) is 0 Å². The Balaban J connectivity index is 1.85. The van der Waals surface area contributed by atoms with E-state index >= 15 is 0 Å². The van der Waals surface area contributed by atoms with Crippen LogP contribution in [0.2, 0.25) is 0 Å². The molecule has 0 spiro atoms. The van der Waals surface area contributed by atoms with E-state index in [0.29, 0.717) is 37.4 Å². The molecule has 0 aliphatic rings. The lowest BCUT2D eigenvalue weighted by atomic mass is 10.1. The van der Waals surface area contributed by atoms with E-state index in [2.05, 4.69) is 15.5 Å². The first kappa shape index (κ1) is 30.9. The number of nitrogens with one attached hydrogen (secondary N) is 1. The number of unbranched alkanes of at least 4 members (excludes halogenated alkanes) is 2. The number of ether oxygens (including phenoxy) is 1. The number of phenols is 1. The van der Waals surface area contributed by atoms with Gasteiger partial charge in [0.2, 0.25) is 5.91 Å². The van der Waals surface area contributed by atoms with Crippen molar-refractivity contribution in [3.05, 3.63) is 53.6 Å². The molecule has 0 aliphatic heterocycles. The van der Waals surface area contributed by atoms with Crippen molar-refractivity contribution in [2.45, 2.75) is 46.1 Å². The normalized spacial score (nSPS) is 10.8. The van der Waals surface area contributed by atoms with Crippen molar-refractivity contribution in [2.24, 2.45) is 10.2 Å². The molecule has 2 aromatic carbocycles. The molecule has 0 fully saturated rings. The van der Waals surface area contributed by atoms with Crippen LogP contribution in [-0.2, 0) is 20.9 Å². The van der Waals surface area contributed by atoms with E-state index in [1.165, 1.54) is 28.9 Å². The monoisotopic (exact) mass is 539 g/mol. The van der Waals surface area contributed by atoms with Gasteiger partial charge in [0.1, 0.15) is 18.1 Å². The second kappa shape index (κ2) is 15.9. The minimum Gasteiger partial charge on any atom is -0.507 e. The third-order valence-electron chi connectivity index (χ3n) is 5.92. The number of hydrogen-bond donors (Lipinski definition) is 2. The Labute approximate surface area is 228 Å². The SMILES string of the molecule is CC(=O)CCCCCNC(=O)c1cc(/N=N/c2ccc(COC(=O)N(C)CCN(C)C(C)=O)cc2)ccc1O. The third kappa shape index (κ3) is 11.3. The summed E-state index contributed by atoms with van der Waals surface area (Å²) in [6.07, 6.45) is 2.41. The van der Waals surface area contributed by atoms with Gasteiger partial charge in [-0.25, -0.2) is 4.79 Å². The smallest absolute Gasteiger partial charge is 0.409 e. The lowest BCUT2D eigenvalue weighted by molar-refractivity contribution is -0.127. The van der Waals surface area contributed by atoms with Gasteiger partial charge in [-0.05, 0) is 55.7 Å². The molecular formula is C28H37N5O6. The van der Waals surface area contributed by atoms with Crippen molar-refractivity contribution >= 4 is 35.1 Å². The number of carbonyl (C=O) groups excluding carboxylic acids is 4. The van der Waals surface area contributed by atoms with E-state index in [1.807, 2.05) is 0 Å². The topological polar surface area (TPSA) is 141 Å². The molecule has 210 valence electrons. The number of likely N-dealkylation sites (N-methyl/N-ethyl adjacent to an activating group) is 2. The molecule has 11 nitrogen and oxygen atoms in total. The number of phenolic OH excluding ortho intramolecular Hbond substituents is 1. The van der Waals surface area contributed by atoms with Crippen molar-refractivity contribution in [2.75, 3.05) is 33.7 Å². The van der Waals surface area contributed by atoms with E-state index in [9.17, 15) is 24.3 Å². The van der Waals surface area contributed by atoms with Crippen molar-refractivity contribution < 1.29 is 29.0 Å². The Morgan fingerprint density at radius 1 is 0.872 bits per heavy atom. The zero-order valence-electron chi connectivity index (χ0n) is 23.0. The van der Waals surface area contributed by atoms with E-state index in [1.54, 1.807) is 51.4 Å². The van der Waals surface area contributed by atoms with Gasteiger partial charge in [0.15, 0.2) is 0 Å². The first-order valence-corrected chi connectivity index (χ1v) is 12.8. The number of rotatable bonds is 14. The van der Waals surface area contributed by atoms with Crippen LogP contribution in [0.4, 0.5) is 16.2 Å². The largest absolute Gasteiger partial charge is 0.507 e. The Bertz CT molecular complexity index is 1170. The molecule has 2 rings (SSSR count). The highest BCUT2D eigenvalue weighted by Gasteiger charge is 2.13. The van der Waals surface area contributed by atoms with Gasteiger partial charge >= 0.3 is 6.09 Å². The number of azo groups is 1. The molecular weight excluding hydrogens is 502 g/mol. The van der Waals surface area contributed by atoms with Gasteiger partial charge in [0.05, 0.1) is 16.9 Å².